The molecular formula is C26H28O4. The monoisotopic (exact) mass is 404 g/mol. The molecule has 3 aromatic carbocycles. The Hall–Kier alpha value is -2.50. The second-order valence-electron chi connectivity index (χ2n) is 7.39. The molecule has 156 valence electrons. The van der Waals surface area contributed by atoms with Crippen molar-refractivity contribution in [2.24, 2.45) is 0 Å². The van der Waals surface area contributed by atoms with Crippen molar-refractivity contribution in [3.8, 4) is 0 Å². The molecule has 1 unspecified atom stereocenters. The molecule has 0 saturated carbocycles. The molecule has 1 fully saturated rings. The Morgan fingerprint density at radius 2 is 1.13 bits per heavy atom. The number of benzene rings is 3. The Kier molecular flexibility index (Phi) is 6.30. The minimum absolute atomic E-state index is 0.331. The van der Waals surface area contributed by atoms with E-state index in [1.165, 1.54) is 0 Å². The molecule has 0 spiro atoms. The van der Waals surface area contributed by atoms with Crippen LogP contribution in [0, 0.1) is 0 Å². The molecule has 4 rings (SSSR count). The third-order valence-electron chi connectivity index (χ3n) is 5.73. The largest absolute Gasteiger partial charge is 0.370 e. The lowest BCUT2D eigenvalue weighted by Gasteiger charge is -2.45. The van der Waals surface area contributed by atoms with Gasteiger partial charge in [-0.15, -0.1) is 0 Å². The third-order valence-corrected chi connectivity index (χ3v) is 5.73. The van der Waals surface area contributed by atoms with E-state index in [9.17, 15) is 0 Å². The number of rotatable bonds is 8. The molecule has 0 amide bonds. The van der Waals surface area contributed by atoms with Crippen LogP contribution in [-0.2, 0) is 24.5 Å². The van der Waals surface area contributed by atoms with E-state index in [2.05, 4.69) is 36.4 Å². The first-order chi connectivity index (χ1) is 14.7. The maximum atomic E-state index is 7.00. The predicted octanol–water partition coefficient (Wildman–Crippen LogP) is 5.12. The van der Waals surface area contributed by atoms with E-state index in [1.54, 1.807) is 14.2 Å². The fourth-order valence-electron chi connectivity index (χ4n) is 4.26. The normalized spacial score (nSPS) is 17.2. The van der Waals surface area contributed by atoms with E-state index in [0.29, 0.717) is 6.61 Å². The van der Waals surface area contributed by atoms with Crippen molar-refractivity contribution in [2.75, 3.05) is 20.8 Å². The van der Waals surface area contributed by atoms with Crippen LogP contribution in [0.4, 0.5) is 0 Å². The van der Waals surface area contributed by atoms with Crippen molar-refractivity contribution in [1.29, 1.82) is 0 Å². The summed E-state index contributed by atoms with van der Waals surface area (Å²) in [5.74, 6) is -1.36. The van der Waals surface area contributed by atoms with Gasteiger partial charge < -0.3 is 18.9 Å². The first-order valence-corrected chi connectivity index (χ1v) is 10.3. The number of hydrogen-bond donors (Lipinski definition) is 0. The molecule has 4 heteroatoms. The van der Waals surface area contributed by atoms with Crippen molar-refractivity contribution in [3.05, 3.63) is 108 Å². The van der Waals surface area contributed by atoms with E-state index in [0.717, 1.165) is 29.5 Å². The molecule has 4 nitrogen and oxygen atoms in total. The Bertz CT molecular complexity index is 805. The highest BCUT2D eigenvalue weighted by atomic mass is 16.9. The lowest BCUT2D eigenvalue weighted by atomic mass is 9.80. The van der Waals surface area contributed by atoms with Gasteiger partial charge in [-0.25, -0.2) is 0 Å². The van der Waals surface area contributed by atoms with Gasteiger partial charge in [0, 0.05) is 20.8 Å². The average Bonchev–Trinajstić information content (AvgIpc) is 3.38. The summed E-state index contributed by atoms with van der Waals surface area (Å²) in [6.45, 7) is 0.664. The van der Waals surface area contributed by atoms with E-state index >= 15 is 0 Å². The average molecular weight is 405 g/mol. The van der Waals surface area contributed by atoms with Crippen molar-refractivity contribution in [1.82, 2.24) is 0 Å². The van der Waals surface area contributed by atoms with Crippen LogP contribution in [0.25, 0.3) is 0 Å². The van der Waals surface area contributed by atoms with Crippen molar-refractivity contribution < 1.29 is 18.9 Å². The summed E-state index contributed by atoms with van der Waals surface area (Å²) < 4.78 is 24.8. The SMILES string of the molecule is COC(OC)(OC(c1ccccc1)(c1ccccc1)c1ccccc1)C1CCCO1. The Labute approximate surface area is 178 Å². The molecule has 3 aromatic rings. The summed E-state index contributed by atoms with van der Waals surface area (Å²) in [5, 5.41) is 0. The molecular weight excluding hydrogens is 376 g/mol. The lowest BCUT2D eigenvalue weighted by molar-refractivity contribution is -0.419. The zero-order valence-electron chi connectivity index (χ0n) is 17.5. The van der Waals surface area contributed by atoms with Gasteiger partial charge in [0.25, 0.3) is 0 Å². The van der Waals surface area contributed by atoms with Gasteiger partial charge in [-0.05, 0) is 29.5 Å². The maximum Gasteiger partial charge on any atom is 0.311 e. The molecule has 0 aromatic heterocycles. The van der Waals surface area contributed by atoms with Crippen LogP contribution in [0.3, 0.4) is 0 Å². The Morgan fingerprint density at radius 1 is 0.700 bits per heavy atom. The summed E-state index contributed by atoms with van der Waals surface area (Å²) >= 11 is 0. The molecule has 1 heterocycles. The second kappa shape index (κ2) is 9.11. The van der Waals surface area contributed by atoms with Gasteiger partial charge in [0.2, 0.25) is 0 Å². The molecule has 0 N–H and O–H groups in total. The standard InChI is InChI=1S/C26H28O4/c1-27-26(28-2,24-19-12-20-29-24)30-25(21-13-6-3-7-14-21,22-15-8-4-9-16-22)23-17-10-5-11-18-23/h3-11,13-18,24H,12,19-20H2,1-2H3. The molecule has 1 aliphatic heterocycles. The number of hydrogen-bond acceptors (Lipinski definition) is 4. The first-order valence-electron chi connectivity index (χ1n) is 10.3. The minimum atomic E-state index is -1.36. The maximum absolute atomic E-state index is 7.00. The van der Waals surface area contributed by atoms with Crippen molar-refractivity contribution in [3.63, 3.8) is 0 Å². The predicted molar refractivity (Wildman–Crippen MR) is 116 cm³/mol. The van der Waals surface area contributed by atoms with Gasteiger partial charge in [-0.2, -0.15) is 0 Å². The molecule has 0 radical (unpaired) electrons. The van der Waals surface area contributed by atoms with Gasteiger partial charge >= 0.3 is 5.97 Å². The van der Waals surface area contributed by atoms with Crippen molar-refractivity contribution in [2.45, 2.75) is 30.5 Å². The van der Waals surface area contributed by atoms with Crippen LogP contribution >= 0.6 is 0 Å². The first kappa shape index (κ1) is 20.8. The fourth-order valence-corrected chi connectivity index (χ4v) is 4.26. The van der Waals surface area contributed by atoms with Gasteiger partial charge in [0.05, 0.1) is 0 Å². The van der Waals surface area contributed by atoms with Gasteiger partial charge in [-0.3, -0.25) is 0 Å². The third kappa shape index (κ3) is 3.68. The van der Waals surface area contributed by atoms with Gasteiger partial charge in [-0.1, -0.05) is 91.0 Å². The summed E-state index contributed by atoms with van der Waals surface area (Å²) in [5.41, 5.74) is 2.00. The van der Waals surface area contributed by atoms with E-state index in [1.807, 2.05) is 54.6 Å². The summed E-state index contributed by atoms with van der Waals surface area (Å²) in [7, 11) is 3.22. The van der Waals surface area contributed by atoms with E-state index < -0.39 is 11.6 Å². The molecule has 1 atom stereocenters. The smallest absolute Gasteiger partial charge is 0.311 e. The molecule has 0 aliphatic carbocycles. The zero-order valence-corrected chi connectivity index (χ0v) is 17.5. The molecule has 1 aliphatic rings. The molecule has 30 heavy (non-hydrogen) atoms. The van der Waals surface area contributed by atoms with Crippen LogP contribution in [-0.4, -0.2) is 32.9 Å². The number of ether oxygens (including phenoxy) is 4. The quantitative estimate of drug-likeness (QED) is 0.386. The van der Waals surface area contributed by atoms with Crippen molar-refractivity contribution >= 4 is 0 Å². The highest BCUT2D eigenvalue weighted by Crippen LogP contribution is 2.45. The van der Waals surface area contributed by atoms with Crippen LogP contribution in [0.5, 0.6) is 0 Å². The van der Waals surface area contributed by atoms with Crippen LogP contribution in [0.2, 0.25) is 0 Å². The van der Waals surface area contributed by atoms with Crippen LogP contribution in [0.15, 0.2) is 91.0 Å². The summed E-state index contributed by atoms with van der Waals surface area (Å²) in [6.07, 6.45) is 1.41. The fraction of sp³-hybridized carbons (Fsp3) is 0.308. The Morgan fingerprint density at radius 3 is 1.47 bits per heavy atom. The second-order valence-corrected chi connectivity index (χ2v) is 7.39. The number of methoxy groups -OCH3 is 2. The topological polar surface area (TPSA) is 36.9 Å². The van der Waals surface area contributed by atoms with Gasteiger partial charge in [0.15, 0.2) is 0 Å². The molecule has 0 bridgehead atoms. The Balaban J connectivity index is 1.97. The summed E-state index contributed by atoms with van der Waals surface area (Å²) in [6, 6.07) is 30.6. The molecule has 1 saturated heterocycles. The summed E-state index contributed by atoms with van der Waals surface area (Å²) in [4.78, 5) is 0. The highest BCUT2D eigenvalue weighted by Gasteiger charge is 2.52. The zero-order chi connectivity index (χ0) is 20.9. The highest BCUT2D eigenvalue weighted by molar-refractivity contribution is 5.47. The van der Waals surface area contributed by atoms with Gasteiger partial charge in [0.1, 0.15) is 11.7 Å². The van der Waals surface area contributed by atoms with Crippen LogP contribution in [0.1, 0.15) is 29.5 Å². The van der Waals surface area contributed by atoms with E-state index in [4.69, 9.17) is 18.9 Å². The van der Waals surface area contributed by atoms with E-state index in [-0.39, 0.29) is 6.10 Å². The van der Waals surface area contributed by atoms with Crippen LogP contribution < -0.4 is 0 Å². The minimum Gasteiger partial charge on any atom is -0.370 e. The lowest BCUT2D eigenvalue weighted by Crippen LogP contribution is -2.54.